The Morgan fingerprint density at radius 3 is 2.55 bits per heavy atom. The molecule has 1 rings (SSSR count). The molecule has 0 radical (unpaired) electrons. The molecule has 0 aliphatic rings. The molecule has 1 atom stereocenters. The number of aromatic nitrogens is 2. The Kier molecular flexibility index (Phi) is 7.34. The Morgan fingerprint density at radius 2 is 1.90 bits per heavy atom. The van der Waals surface area contributed by atoms with E-state index in [1.807, 2.05) is 13.0 Å². The average molecular weight is 278 g/mol. The standard InChI is InChI=1S/C16H30N4/c1-6-10-17-16-19-14(5)11-15(20-16)18-13(4)9-7-8-12(2)3/h11-13H,6-10H2,1-5H3,(H2,17,18,19,20). The van der Waals surface area contributed by atoms with E-state index in [2.05, 4.69) is 48.3 Å². The Morgan fingerprint density at radius 1 is 1.15 bits per heavy atom. The molecule has 0 spiro atoms. The summed E-state index contributed by atoms with van der Waals surface area (Å²) in [5.74, 6) is 2.44. The maximum absolute atomic E-state index is 4.52. The van der Waals surface area contributed by atoms with Gasteiger partial charge in [-0.2, -0.15) is 4.98 Å². The third kappa shape index (κ3) is 6.73. The molecule has 1 heterocycles. The van der Waals surface area contributed by atoms with Crippen molar-refractivity contribution in [3.05, 3.63) is 11.8 Å². The lowest BCUT2D eigenvalue weighted by Crippen LogP contribution is -2.17. The molecule has 1 aromatic rings. The second kappa shape index (κ2) is 8.77. The number of anilines is 2. The average Bonchev–Trinajstić information content (AvgIpc) is 2.35. The van der Waals surface area contributed by atoms with Crippen molar-refractivity contribution in [1.82, 2.24) is 9.97 Å². The first-order valence-corrected chi connectivity index (χ1v) is 7.87. The first-order chi connectivity index (χ1) is 9.51. The molecule has 114 valence electrons. The monoisotopic (exact) mass is 278 g/mol. The summed E-state index contributed by atoms with van der Waals surface area (Å²) in [5, 5.41) is 6.73. The maximum atomic E-state index is 4.52. The van der Waals surface area contributed by atoms with E-state index < -0.39 is 0 Å². The van der Waals surface area contributed by atoms with Gasteiger partial charge in [-0.1, -0.05) is 33.6 Å². The molecule has 0 aliphatic heterocycles. The molecule has 4 heteroatoms. The van der Waals surface area contributed by atoms with E-state index in [-0.39, 0.29) is 0 Å². The summed E-state index contributed by atoms with van der Waals surface area (Å²) in [6, 6.07) is 2.46. The lowest BCUT2D eigenvalue weighted by atomic mass is 10.0. The van der Waals surface area contributed by atoms with Crippen molar-refractivity contribution in [2.24, 2.45) is 5.92 Å². The van der Waals surface area contributed by atoms with Crippen LogP contribution in [-0.2, 0) is 0 Å². The third-order valence-electron chi connectivity index (χ3n) is 3.20. The molecule has 0 bridgehead atoms. The van der Waals surface area contributed by atoms with Crippen LogP contribution in [0.3, 0.4) is 0 Å². The minimum Gasteiger partial charge on any atom is -0.367 e. The fourth-order valence-electron chi connectivity index (χ4n) is 2.12. The molecule has 2 N–H and O–H groups in total. The number of hydrogen-bond acceptors (Lipinski definition) is 4. The number of hydrogen-bond donors (Lipinski definition) is 2. The molecule has 0 aliphatic carbocycles. The normalized spacial score (nSPS) is 12.5. The highest BCUT2D eigenvalue weighted by atomic mass is 15.1. The number of nitrogens with one attached hydrogen (secondary N) is 2. The molecule has 4 nitrogen and oxygen atoms in total. The Labute approximate surface area is 123 Å². The molecule has 1 aromatic heterocycles. The molecule has 20 heavy (non-hydrogen) atoms. The summed E-state index contributed by atoms with van der Waals surface area (Å²) < 4.78 is 0. The van der Waals surface area contributed by atoms with E-state index in [9.17, 15) is 0 Å². The highest BCUT2D eigenvalue weighted by Gasteiger charge is 2.06. The van der Waals surface area contributed by atoms with Gasteiger partial charge in [0.15, 0.2) is 0 Å². The van der Waals surface area contributed by atoms with Crippen LogP contribution in [0.15, 0.2) is 6.07 Å². The first-order valence-electron chi connectivity index (χ1n) is 7.87. The van der Waals surface area contributed by atoms with E-state index in [0.717, 1.165) is 36.3 Å². The van der Waals surface area contributed by atoms with Crippen molar-refractivity contribution in [3.8, 4) is 0 Å². The van der Waals surface area contributed by atoms with Crippen molar-refractivity contribution in [2.75, 3.05) is 17.2 Å². The van der Waals surface area contributed by atoms with E-state index in [1.165, 1.54) is 19.3 Å². The summed E-state index contributed by atoms with van der Waals surface area (Å²) in [6.45, 7) is 11.8. The predicted octanol–water partition coefficient (Wildman–Crippen LogP) is 4.23. The van der Waals surface area contributed by atoms with Gasteiger partial charge in [0.25, 0.3) is 0 Å². The minimum absolute atomic E-state index is 0.446. The molecule has 1 unspecified atom stereocenters. The van der Waals surface area contributed by atoms with E-state index in [4.69, 9.17) is 0 Å². The second-order valence-corrected chi connectivity index (χ2v) is 6.02. The second-order valence-electron chi connectivity index (χ2n) is 6.02. The summed E-state index contributed by atoms with van der Waals surface area (Å²) in [6.07, 6.45) is 4.81. The van der Waals surface area contributed by atoms with Gasteiger partial charge in [0.05, 0.1) is 0 Å². The van der Waals surface area contributed by atoms with E-state index in [0.29, 0.717) is 6.04 Å². The smallest absolute Gasteiger partial charge is 0.224 e. The Balaban J connectivity index is 2.51. The molecule has 0 aromatic carbocycles. The first kappa shape index (κ1) is 16.7. The van der Waals surface area contributed by atoms with Gasteiger partial charge in [0, 0.05) is 24.3 Å². The van der Waals surface area contributed by atoms with Gasteiger partial charge in [-0.05, 0) is 32.6 Å². The number of aryl methyl sites for hydroxylation is 1. The van der Waals surface area contributed by atoms with Crippen LogP contribution < -0.4 is 10.6 Å². The van der Waals surface area contributed by atoms with Crippen LogP contribution in [0.2, 0.25) is 0 Å². The SMILES string of the molecule is CCCNc1nc(C)cc(NC(C)CCCC(C)C)n1. The van der Waals surface area contributed by atoms with Gasteiger partial charge in [0.2, 0.25) is 5.95 Å². The number of rotatable bonds is 9. The van der Waals surface area contributed by atoms with Gasteiger partial charge in [0.1, 0.15) is 5.82 Å². The Hall–Kier alpha value is -1.32. The zero-order valence-electron chi connectivity index (χ0n) is 13.7. The molecule has 0 saturated heterocycles. The summed E-state index contributed by atoms with van der Waals surface area (Å²) in [7, 11) is 0. The topological polar surface area (TPSA) is 49.8 Å². The Bertz CT molecular complexity index is 390. The fourth-order valence-corrected chi connectivity index (χ4v) is 2.12. The van der Waals surface area contributed by atoms with Crippen molar-refractivity contribution in [3.63, 3.8) is 0 Å². The van der Waals surface area contributed by atoms with Crippen LogP contribution in [0, 0.1) is 12.8 Å². The predicted molar refractivity (Wildman–Crippen MR) is 87.3 cm³/mol. The van der Waals surface area contributed by atoms with Gasteiger partial charge in [-0.15, -0.1) is 0 Å². The minimum atomic E-state index is 0.446. The van der Waals surface area contributed by atoms with Gasteiger partial charge in [-0.25, -0.2) is 4.98 Å². The van der Waals surface area contributed by atoms with Crippen LogP contribution in [0.1, 0.15) is 59.1 Å². The summed E-state index contributed by atoms with van der Waals surface area (Å²) >= 11 is 0. The van der Waals surface area contributed by atoms with Crippen LogP contribution in [0.25, 0.3) is 0 Å². The van der Waals surface area contributed by atoms with Crippen LogP contribution in [0.5, 0.6) is 0 Å². The third-order valence-corrected chi connectivity index (χ3v) is 3.20. The van der Waals surface area contributed by atoms with Crippen molar-refractivity contribution < 1.29 is 0 Å². The zero-order valence-corrected chi connectivity index (χ0v) is 13.7. The molecular formula is C16H30N4. The van der Waals surface area contributed by atoms with Crippen LogP contribution in [0.4, 0.5) is 11.8 Å². The molecule has 0 amide bonds. The zero-order chi connectivity index (χ0) is 15.0. The molecule has 0 fully saturated rings. The van der Waals surface area contributed by atoms with Crippen LogP contribution in [-0.4, -0.2) is 22.6 Å². The molecule has 0 saturated carbocycles. The fraction of sp³-hybridized carbons (Fsp3) is 0.750. The van der Waals surface area contributed by atoms with Crippen molar-refractivity contribution >= 4 is 11.8 Å². The largest absolute Gasteiger partial charge is 0.367 e. The lowest BCUT2D eigenvalue weighted by molar-refractivity contribution is 0.520. The van der Waals surface area contributed by atoms with Crippen LogP contribution >= 0.6 is 0 Å². The highest BCUT2D eigenvalue weighted by Crippen LogP contribution is 2.14. The maximum Gasteiger partial charge on any atom is 0.224 e. The van der Waals surface area contributed by atoms with Crippen molar-refractivity contribution in [2.45, 2.75) is 66.3 Å². The van der Waals surface area contributed by atoms with Gasteiger partial charge < -0.3 is 10.6 Å². The number of nitrogens with zero attached hydrogens (tertiary/aromatic N) is 2. The summed E-state index contributed by atoms with van der Waals surface area (Å²) in [5.41, 5.74) is 0.996. The highest BCUT2D eigenvalue weighted by molar-refractivity contribution is 5.42. The van der Waals surface area contributed by atoms with Crippen molar-refractivity contribution in [1.29, 1.82) is 0 Å². The van der Waals surface area contributed by atoms with E-state index in [1.54, 1.807) is 0 Å². The molecular weight excluding hydrogens is 248 g/mol. The van der Waals surface area contributed by atoms with Gasteiger partial charge in [-0.3, -0.25) is 0 Å². The van der Waals surface area contributed by atoms with E-state index >= 15 is 0 Å². The van der Waals surface area contributed by atoms with Gasteiger partial charge >= 0.3 is 0 Å². The summed E-state index contributed by atoms with van der Waals surface area (Å²) in [4.78, 5) is 8.92. The lowest BCUT2D eigenvalue weighted by Gasteiger charge is -2.16. The quantitative estimate of drug-likeness (QED) is 0.709.